The van der Waals surface area contributed by atoms with Crippen LogP contribution >= 0.6 is 12.2 Å². The van der Waals surface area contributed by atoms with Gasteiger partial charge in [-0.1, -0.05) is 45.9 Å². The molecule has 3 heterocycles. The lowest BCUT2D eigenvalue weighted by molar-refractivity contribution is 0.355. The summed E-state index contributed by atoms with van der Waals surface area (Å²) in [5, 5.41) is 7.10. The zero-order valence-corrected chi connectivity index (χ0v) is 21.8. The molecule has 0 radical (unpaired) electrons. The van der Waals surface area contributed by atoms with Gasteiger partial charge in [0.05, 0.1) is 0 Å². The summed E-state index contributed by atoms with van der Waals surface area (Å²) >= 11 is 5.52. The van der Waals surface area contributed by atoms with Crippen LogP contribution < -0.4 is 25.3 Å². The highest BCUT2D eigenvalue weighted by Gasteiger charge is 2.25. The van der Waals surface area contributed by atoms with Crippen LogP contribution in [0.15, 0.2) is 36.4 Å². The molecule has 7 nitrogen and oxygen atoms in total. The van der Waals surface area contributed by atoms with Crippen LogP contribution in [0.2, 0.25) is 0 Å². The maximum absolute atomic E-state index is 5.52. The van der Waals surface area contributed by atoms with Crippen molar-refractivity contribution in [3.05, 3.63) is 36.4 Å². The molecular formula is C26H39N7S. The van der Waals surface area contributed by atoms with E-state index in [9.17, 15) is 0 Å². The molecule has 2 atom stereocenters. The van der Waals surface area contributed by atoms with Crippen LogP contribution in [0.25, 0.3) is 0 Å². The molecule has 0 aliphatic carbocycles. The minimum absolute atomic E-state index is 0.514. The van der Waals surface area contributed by atoms with Gasteiger partial charge in [0.25, 0.3) is 0 Å². The lowest BCUT2D eigenvalue weighted by Crippen LogP contribution is -2.47. The van der Waals surface area contributed by atoms with Gasteiger partial charge in [-0.2, -0.15) is 9.97 Å². The first-order chi connectivity index (χ1) is 16.4. The summed E-state index contributed by atoms with van der Waals surface area (Å²) in [6.45, 7) is 15.7. The first kappa shape index (κ1) is 24.5. The Morgan fingerprint density at radius 1 is 0.941 bits per heavy atom. The zero-order chi connectivity index (χ0) is 24.1. The van der Waals surface area contributed by atoms with Crippen LogP contribution in [0.1, 0.15) is 34.1 Å². The third kappa shape index (κ3) is 6.50. The smallest absolute Gasteiger partial charge is 0.232 e. The van der Waals surface area contributed by atoms with E-state index in [0.717, 1.165) is 57.4 Å². The molecule has 0 bridgehead atoms. The molecule has 2 saturated heterocycles. The van der Waals surface area contributed by atoms with Crippen molar-refractivity contribution in [3.63, 3.8) is 0 Å². The van der Waals surface area contributed by atoms with Gasteiger partial charge in [0.15, 0.2) is 5.11 Å². The Morgan fingerprint density at radius 2 is 1.53 bits per heavy atom. The summed E-state index contributed by atoms with van der Waals surface area (Å²) < 4.78 is 0. The second kappa shape index (κ2) is 11.2. The van der Waals surface area contributed by atoms with E-state index in [0.29, 0.717) is 28.8 Å². The second-order valence-corrected chi connectivity index (χ2v) is 10.7. The third-order valence-corrected chi connectivity index (χ3v) is 6.76. The minimum atomic E-state index is 0.514. The van der Waals surface area contributed by atoms with Gasteiger partial charge in [0.2, 0.25) is 5.95 Å². The number of rotatable bonds is 6. The predicted molar refractivity (Wildman–Crippen MR) is 147 cm³/mol. The van der Waals surface area contributed by atoms with Gasteiger partial charge in [-0.25, -0.2) is 0 Å². The fraction of sp³-hybridized carbons (Fsp3) is 0.577. The van der Waals surface area contributed by atoms with E-state index < -0.39 is 0 Å². The molecule has 8 heteroatoms. The fourth-order valence-corrected chi connectivity index (χ4v) is 5.10. The maximum atomic E-state index is 5.52. The summed E-state index contributed by atoms with van der Waals surface area (Å²) in [7, 11) is 0. The number of anilines is 4. The highest BCUT2D eigenvalue weighted by Crippen LogP contribution is 2.29. The molecule has 2 aliphatic rings. The van der Waals surface area contributed by atoms with Crippen molar-refractivity contribution in [2.45, 2.75) is 34.1 Å². The molecule has 1 aromatic heterocycles. The van der Waals surface area contributed by atoms with Crippen molar-refractivity contribution in [3.8, 4) is 0 Å². The Kier molecular flexibility index (Phi) is 8.08. The minimum Gasteiger partial charge on any atom is -0.368 e. The van der Waals surface area contributed by atoms with Gasteiger partial charge >= 0.3 is 0 Å². The number of hydrogen-bond donors (Lipinski definition) is 2. The number of nitrogens with zero attached hydrogens (tertiary/aromatic N) is 5. The number of para-hydroxylation sites is 1. The summed E-state index contributed by atoms with van der Waals surface area (Å²) in [5.74, 6) is 4.36. The molecule has 0 amide bonds. The van der Waals surface area contributed by atoms with Crippen molar-refractivity contribution < 1.29 is 0 Å². The molecule has 2 aromatic rings. The van der Waals surface area contributed by atoms with E-state index in [2.05, 4.69) is 89.4 Å². The number of hydrogen-bond acceptors (Lipinski definition) is 6. The van der Waals surface area contributed by atoms with E-state index in [-0.39, 0.29) is 0 Å². The van der Waals surface area contributed by atoms with E-state index in [1.54, 1.807) is 0 Å². The van der Waals surface area contributed by atoms with Crippen LogP contribution in [-0.2, 0) is 0 Å². The highest BCUT2D eigenvalue weighted by atomic mass is 32.1. The topological polar surface area (TPSA) is 59.6 Å². The fourth-order valence-electron chi connectivity index (χ4n) is 4.93. The number of piperazine rings is 1. The Hall–Kier alpha value is -2.61. The Labute approximate surface area is 209 Å². The molecular weight excluding hydrogens is 442 g/mol. The molecule has 0 spiro atoms. The van der Waals surface area contributed by atoms with E-state index in [4.69, 9.17) is 22.2 Å². The number of thiocarbonyl (C=S) groups is 1. The normalized spacial score (nSPS) is 21.0. The monoisotopic (exact) mass is 481 g/mol. The van der Waals surface area contributed by atoms with Gasteiger partial charge in [0, 0.05) is 57.6 Å². The molecule has 2 aliphatic heterocycles. The Balaban J connectivity index is 1.52. The van der Waals surface area contributed by atoms with Crippen LogP contribution in [0, 0.1) is 17.8 Å². The third-order valence-electron chi connectivity index (χ3n) is 6.51. The number of benzene rings is 1. The highest BCUT2D eigenvalue weighted by molar-refractivity contribution is 7.80. The molecule has 2 N–H and O–H groups in total. The van der Waals surface area contributed by atoms with E-state index >= 15 is 0 Å². The predicted octanol–water partition coefficient (Wildman–Crippen LogP) is 4.23. The second-order valence-electron chi connectivity index (χ2n) is 10.3. The van der Waals surface area contributed by atoms with Gasteiger partial charge < -0.3 is 25.3 Å². The van der Waals surface area contributed by atoms with Crippen LogP contribution in [-0.4, -0.2) is 60.9 Å². The summed E-state index contributed by atoms with van der Waals surface area (Å²) in [6, 6.07) is 12.8. The van der Waals surface area contributed by atoms with E-state index in [1.807, 2.05) is 0 Å². The number of nitrogens with one attached hydrogen (secondary N) is 2. The van der Waals surface area contributed by atoms with Crippen molar-refractivity contribution >= 4 is 40.6 Å². The van der Waals surface area contributed by atoms with Gasteiger partial charge in [-0.3, -0.25) is 0 Å². The summed E-state index contributed by atoms with van der Waals surface area (Å²) in [6.07, 6.45) is 1.27. The average molecular weight is 482 g/mol. The van der Waals surface area contributed by atoms with Gasteiger partial charge in [0.1, 0.15) is 11.6 Å². The molecule has 34 heavy (non-hydrogen) atoms. The SMILES string of the molecule is CC(C)CNC(=S)Nc1nc(N2CCN(c3ccccc3)CC2)cc(N2CC(C)CC(C)C2)n1. The van der Waals surface area contributed by atoms with E-state index in [1.165, 1.54) is 12.1 Å². The largest absolute Gasteiger partial charge is 0.368 e. The van der Waals surface area contributed by atoms with Crippen molar-refractivity contribution in [2.75, 3.05) is 65.8 Å². The first-order valence-electron chi connectivity index (χ1n) is 12.6. The number of piperidine rings is 1. The lowest BCUT2D eigenvalue weighted by atomic mass is 9.92. The Morgan fingerprint density at radius 3 is 2.15 bits per heavy atom. The average Bonchev–Trinajstić information content (AvgIpc) is 2.82. The van der Waals surface area contributed by atoms with Gasteiger partial charge in [-0.05, 0) is 48.5 Å². The van der Waals surface area contributed by atoms with Crippen LogP contribution in [0.4, 0.5) is 23.3 Å². The maximum Gasteiger partial charge on any atom is 0.232 e. The standard InChI is InChI=1S/C26H39N7S/c1-19(2)16-27-26(34)30-25-28-23(15-24(29-25)33-17-20(3)14-21(4)18-33)32-12-10-31(11-13-32)22-8-6-5-7-9-22/h5-9,15,19-21H,10-14,16-18H2,1-4H3,(H2,27,28,29,30,34). The quantitative estimate of drug-likeness (QED) is 0.595. The summed E-state index contributed by atoms with van der Waals surface area (Å²) in [4.78, 5) is 17.0. The summed E-state index contributed by atoms with van der Waals surface area (Å²) in [5.41, 5.74) is 1.28. The molecule has 2 fully saturated rings. The van der Waals surface area contributed by atoms with Crippen molar-refractivity contribution in [1.29, 1.82) is 0 Å². The molecule has 184 valence electrons. The molecule has 0 saturated carbocycles. The van der Waals surface area contributed by atoms with Crippen molar-refractivity contribution in [1.82, 2.24) is 15.3 Å². The zero-order valence-electron chi connectivity index (χ0n) is 21.0. The van der Waals surface area contributed by atoms with Crippen molar-refractivity contribution in [2.24, 2.45) is 17.8 Å². The van der Waals surface area contributed by atoms with Crippen LogP contribution in [0.5, 0.6) is 0 Å². The molecule has 1 aromatic carbocycles. The lowest BCUT2D eigenvalue weighted by Gasteiger charge is -2.38. The number of aromatic nitrogens is 2. The van der Waals surface area contributed by atoms with Gasteiger partial charge in [-0.15, -0.1) is 0 Å². The Bertz CT molecular complexity index is 933. The molecule has 2 unspecified atom stereocenters. The first-order valence-corrected chi connectivity index (χ1v) is 13.0. The van der Waals surface area contributed by atoms with Crippen LogP contribution in [0.3, 0.4) is 0 Å². The molecule has 4 rings (SSSR count).